The molecule has 4 nitrogen and oxygen atoms in total. The first kappa shape index (κ1) is 16.2. The highest BCUT2D eigenvalue weighted by molar-refractivity contribution is 5.94. The van der Waals surface area contributed by atoms with E-state index in [-0.39, 0.29) is 11.5 Å². The van der Waals surface area contributed by atoms with Crippen molar-refractivity contribution in [1.82, 2.24) is 5.32 Å². The van der Waals surface area contributed by atoms with E-state index in [4.69, 9.17) is 10.5 Å². The molecule has 108 valence electrons. The maximum Gasteiger partial charge on any atom is 0.251 e. The average Bonchev–Trinajstić information content (AvgIpc) is 2.43. The van der Waals surface area contributed by atoms with Crippen LogP contribution in [-0.4, -0.2) is 31.2 Å². The van der Waals surface area contributed by atoms with Crippen molar-refractivity contribution in [2.24, 2.45) is 5.73 Å². The van der Waals surface area contributed by atoms with Gasteiger partial charge in [-0.2, -0.15) is 0 Å². The quantitative estimate of drug-likeness (QED) is 0.801. The monoisotopic (exact) mass is 274 g/mol. The van der Waals surface area contributed by atoms with Crippen molar-refractivity contribution in [2.45, 2.75) is 26.4 Å². The molecule has 0 unspecified atom stereocenters. The van der Waals surface area contributed by atoms with E-state index in [1.807, 2.05) is 32.9 Å². The molecule has 0 aliphatic carbocycles. The van der Waals surface area contributed by atoms with Gasteiger partial charge in [0.2, 0.25) is 0 Å². The maximum absolute atomic E-state index is 12.0. The van der Waals surface area contributed by atoms with Crippen LogP contribution in [0, 0.1) is 11.8 Å². The predicted octanol–water partition coefficient (Wildman–Crippen LogP) is 1.54. The Labute approximate surface area is 120 Å². The summed E-state index contributed by atoms with van der Waals surface area (Å²) >= 11 is 0. The number of hydrogen-bond donors (Lipinski definition) is 2. The fourth-order valence-electron chi connectivity index (χ4n) is 1.69. The second-order valence-electron chi connectivity index (χ2n) is 4.96. The standard InChI is InChI=1S/C16H22N2O2/c1-4-20-16(2,3)12-18-15(19)14-9-7-13(8-10-14)6-5-11-17/h7-10H,4,11-12,17H2,1-3H3,(H,18,19). The minimum atomic E-state index is -0.364. The Kier molecular flexibility index (Phi) is 6.23. The molecule has 0 bridgehead atoms. The molecule has 0 aliphatic rings. The molecule has 0 spiro atoms. The second kappa shape index (κ2) is 7.68. The van der Waals surface area contributed by atoms with Crippen molar-refractivity contribution in [3.63, 3.8) is 0 Å². The number of hydrogen-bond acceptors (Lipinski definition) is 3. The Morgan fingerprint density at radius 3 is 2.55 bits per heavy atom. The third-order valence-electron chi connectivity index (χ3n) is 2.69. The van der Waals surface area contributed by atoms with Crippen molar-refractivity contribution in [3.8, 4) is 11.8 Å². The summed E-state index contributed by atoms with van der Waals surface area (Å²) in [5, 5.41) is 2.87. The topological polar surface area (TPSA) is 64.3 Å². The molecule has 0 atom stereocenters. The largest absolute Gasteiger partial charge is 0.374 e. The zero-order chi connectivity index (χ0) is 15.0. The molecule has 0 aromatic heterocycles. The number of rotatable bonds is 5. The molecule has 0 fully saturated rings. The van der Waals surface area contributed by atoms with Gasteiger partial charge in [-0.15, -0.1) is 0 Å². The molecule has 0 heterocycles. The predicted molar refractivity (Wildman–Crippen MR) is 80.4 cm³/mol. The fourth-order valence-corrected chi connectivity index (χ4v) is 1.69. The van der Waals surface area contributed by atoms with Crippen LogP contribution < -0.4 is 11.1 Å². The number of ether oxygens (including phenoxy) is 1. The molecule has 0 saturated carbocycles. The minimum Gasteiger partial charge on any atom is -0.374 e. The van der Waals surface area contributed by atoms with Crippen LogP contribution in [0.2, 0.25) is 0 Å². The third-order valence-corrected chi connectivity index (χ3v) is 2.69. The van der Waals surface area contributed by atoms with E-state index in [2.05, 4.69) is 17.2 Å². The fraction of sp³-hybridized carbons (Fsp3) is 0.438. The van der Waals surface area contributed by atoms with Gasteiger partial charge in [-0.25, -0.2) is 0 Å². The van der Waals surface area contributed by atoms with Crippen molar-refractivity contribution in [3.05, 3.63) is 35.4 Å². The van der Waals surface area contributed by atoms with Gasteiger partial charge >= 0.3 is 0 Å². The lowest BCUT2D eigenvalue weighted by Gasteiger charge is -2.24. The van der Waals surface area contributed by atoms with Gasteiger partial charge in [0.15, 0.2) is 0 Å². The van der Waals surface area contributed by atoms with Crippen LogP contribution in [0.15, 0.2) is 24.3 Å². The molecule has 0 aliphatic heterocycles. The highest BCUT2D eigenvalue weighted by atomic mass is 16.5. The number of benzene rings is 1. The highest BCUT2D eigenvalue weighted by Crippen LogP contribution is 2.08. The van der Waals surface area contributed by atoms with Gasteiger partial charge in [0.25, 0.3) is 5.91 Å². The van der Waals surface area contributed by atoms with E-state index < -0.39 is 0 Å². The van der Waals surface area contributed by atoms with Gasteiger partial charge < -0.3 is 15.8 Å². The smallest absolute Gasteiger partial charge is 0.251 e. The number of nitrogens with one attached hydrogen (secondary N) is 1. The van der Waals surface area contributed by atoms with Crippen LogP contribution >= 0.6 is 0 Å². The molecule has 3 N–H and O–H groups in total. The first-order valence-electron chi connectivity index (χ1n) is 6.69. The van der Waals surface area contributed by atoms with Gasteiger partial charge in [-0.3, -0.25) is 4.79 Å². The molecular weight excluding hydrogens is 252 g/mol. The van der Waals surface area contributed by atoms with Gasteiger partial charge in [0, 0.05) is 24.3 Å². The summed E-state index contributed by atoms with van der Waals surface area (Å²) in [5.74, 6) is 5.58. The zero-order valence-corrected chi connectivity index (χ0v) is 12.3. The summed E-state index contributed by atoms with van der Waals surface area (Å²) in [7, 11) is 0. The molecule has 0 saturated heterocycles. The van der Waals surface area contributed by atoms with Crippen molar-refractivity contribution >= 4 is 5.91 Å². The lowest BCUT2D eigenvalue weighted by Crippen LogP contribution is -2.40. The van der Waals surface area contributed by atoms with E-state index in [0.717, 1.165) is 5.56 Å². The summed E-state index contributed by atoms with van der Waals surface area (Å²) in [6.45, 7) is 7.25. The Morgan fingerprint density at radius 1 is 1.35 bits per heavy atom. The first-order valence-corrected chi connectivity index (χ1v) is 6.69. The van der Waals surface area contributed by atoms with Crippen LogP contribution in [0.5, 0.6) is 0 Å². The average molecular weight is 274 g/mol. The van der Waals surface area contributed by atoms with Crippen molar-refractivity contribution < 1.29 is 9.53 Å². The number of carbonyl (C=O) groups excluding carboxylic acids is 1. The van der Waals surface area contributed by atoms with E-state index in [9.17, 15) is 4.79 Å². The molecule has 1 aromatic rings. The molecule has 20 heavy (non-hydrogen) atoms. The highest BCUT2D eigenvalue weighted by Gasteiger charge is 2.18. The summed E-state index contributed by atoms with van der Waals surface area (Å²) in [6, 6.07) is 7.13. The van der Waals surface area contributed by atoms with Crippen LogP contribution in [0.3, 0.4) is 0 Å². The summed E-state index contributed by atoms with van der Waals surface area (Å²) in [5.41, 5.74) is 6.40. The van der Waals surface area contributed by atoms with Crippen LogP contribution in [0.25, 0.3) is 0 Å². The first-order chi connectivity index (χ1) is 9.48. The van der Waals surface area contributed by atoms with Gasteiger partial charge in [-0.05, 0) is 45.0 Å². The van der Waals surface area contributed by atoms with E-state index in [1.54, 1.807) is 12.1 Å². The summed E-state index contributed by atoms with van der Waals surface area (Å²) in [4.78, 5) is 12.0. The third kappa shape index (κ3) is 5.43. The SMILES string of the molecule is CCOC(C)(C)CNC(=O)c1ccc(C#CCN)cc1. The summed E-state index contributed by atoms with van der Waals surface area (Å²) < 4.78 is 5.53. The van der Waals surface area contributed by atoms with Crippen LogP contribution in [0.4, 0.5) is 0 Å². The zero-order valence-electron chi connectivity index (χ0n) is 12.3. The normalized spacial score (nSPS) is 10.6. The van der Waals surface area contributed by atoms with Gasteiger partial charge in [-0.1, -0.05) is 11.8 Å². The number of nitrogens with two attached hydrogens (primary N) is 1. The van der Waals surface area contributed by atoms with Crippen LogP contribution in [-0.2, 0) is 4.74 Å². The molecule has 4 heteroatoms. The maximum atomic E-state index is 12.0. The van der Waals surface area contributed by atoms with Gasteiger partial charge in [0.05, 0.1) is 12.1 Å². The second-order valence-corrected chi connectivity index (χ2v) is 4.96. The number of carbonyl (C=O) groups is 1. The Bertz CT molecular complexity index is 495. The van der Waals surface area contributed by atoms with Crippen LogP contribution in [0.1, 0.15) is 36.7 Å². The van der Waals surface area contributed by atoms with Crippen molar-refractivity contribution in [2.75, 3.05) is 19.7 Å². The molecule has 1 aromatic carbocycles. The van der Waals surface area contributed by atoms with Gasteiger partial charge in [0.1, 0.15) is 0 Å². The van der Waals surface area contributed by atoms with E-state index >= 15 is 0 Å². The molecule has 0 radical (unpaired) electrons. The molecule has 1 rings (SSSR count). The summed E-state index contributed by atoms with van der Waals surface area (Å²) in [6.07, 6.45) is 0. The van der Waals surface area contributed by atoms with E-state index in [1.165, 1.54) is 0 Å². The van der Waals surface area contributed by atoms with E-state index in [0.29, 0.717) is 25.3 Å². The number of amides is 1. The Hall–Kier alpha value is -1.83. The lowest BCUT2D eigenvalue weighted by atomic mass is 10.1. The Morgan fingerprint density at radius 2 is 2.00 bits per heavy atom. The van der Waals surface area contributed by atoms with Crippen molar-refractivity contribution in [1.29, 1.82) is 0 Å². The Balaban J connectivity index is 2.60. The minimum absolute atomic E-state index is 0.115. The lowest BCUT2D eigenvalue weighted by molar-refractivity contribution is -0.00815. The molecule has 1 amide bonds. The molecular formula is C16H22N2O2.